The average molecular weight is 534 g/mol. The van der Waals surface area contributed by atoms with Gasteiger partial charge in [0.1, 0.15) is 11.8 Å². The summed E-state index contributed by atoms with van der Waals surface area (Å²) >= 11 is 6.37. The van der Waals surface area contributed by atoms with E-state index in [2.05, 4.69) is 46.3 Å². The Hall–Kier alpha value is -4.22. The smallest absolute Gasteiger partial charge is 0.255 e. The maximum atomic E-state index is 14.0. The van der Waals surface area contributed by atoms with Crippen molar-refractivity contribution in [1.29, 1.82) is 0 Å². The van der Waals surface area contributed by atoms with Gasteiger partial charge in [0, 0.05) is 52.7 Å². The molecule has 7 rings (SSSR count). The number of phenolic OH excluding ortho intramolecular Hbond substituents is 1. The van der Waals surface area contributed by atoms with Gasteiger partial charge in [0.2, 0.25) is 0 Å². The molecule has 0 bridgehead atoms. The van der Waals surface area contributed by atoms with Crippen molar-refractivity contribution < 1.29 is 9.90 Å². The number of rotatable bonds is 5. The van der Waals surface area contributed by atoms with Crippen molar-refractivity contribution >= 4 is 34.1 Å². The van der Waals surface area contributed by atoms with Gasteiger partial charge in [0.15, 0.2) is 0 Å². The lowest BCUT2D eigenvalue weighted by Gasteiger charge is -2.28. The Morgan fingerprint density at radius 3 is 2.41 bits per heavy atom. The van der Waals surface area contributed by atoms with Gasteiger partial charge in [-0.2, -0.15) is 0 Å². The molecular weight excluding hydrogens is 506 g/mol. The number of anilines is 1. The number of H-pyrrole nitrogens is 1. The molecule has 3 heterocycles. The quantitative estimate of drug-likeness (QED) is 0.245. The molecule has 0 unspecified atom stereocenters. The van der Waals surface area contributed by atoms with Crippen LogP contribution in [0.4, 0.5) is 5.69 Å². The lowest BCUT2D eigenvalue weighted by atomic mass is 10.00. The van der Waals surface area contributed by atoms with Crippen LogP contribution in [0.3, 0.4) is 0 Å². The zero-order chi connectivity index (χ0) is 26.5. The van der Waals surface area contributed by atoms with E-state index in [0.717, 1.165) is 46.4 Å². The molecule has 1 aromatic heterocycles. The van der Waals surface area contributed by atoms with E-state index in [1.807, 2.05) is 41.3 Å². The molecule has 0 radical (unpaired) electrons. The first-order valence-electron chi connectivity index (χ1n) is 13.4. The summed E-state index contributed by atoms with van der Waals surface area (Å²) in [7, 11) is 0. The van der Waals surface area contributed by atoms with Gasteiger partial charge in [0.05, 0.1) is 0 Å². The Morgan fingerprint density at radius 2 is 1.62 bits per heavy atom. The predicted molar refractivity (Wildman–Crippen MR) is 156 cm³/mol. The molecule has 39 heavy (non-hydrogen) atoms. The first-order valence-corrected chi connectivity index (χ1v) is 13.8. The Bertz CT molecular complexity index is 1670. The maximum Gasteiger partial charge on any atom is 0.255 e. The number of carbonyl (C=O) groups excluding carboxylic acids is 1. The van der Waals surface area contributed by atoms with Gasteiger partial charge in [0.25, 0.3) is 5.91 Å². The molecule has 2 N–H and O–H groups in total. The minimum Gasteiger partial charge on any atom is -0.508 e. The Balaban J connectivity index is 1.25. The molecule has 194 valence electrons. The van der Waals surface area contributed by atoms with Crippen LogP contribution in [0.15, 0.2) is 91.0 Å². The predicted octanol–water partition coefficient (Wildman–Crippen LogP) is 7.54. The molecule has 0 saturated carbocycles. The van der Waals surface area contributed by atoms with Crippen LogP contribution in [0.5, 0.6) is 5.75 Å². The third-order valence-electron chi connectivity index (χ3n) is 8.05. The molecule has 2 aliphatic rings. The number of aromatic nitrogens is 1. The number of phenols is 1. The normalized spacial score (nSPS) is 15.8. The summed E-state index contributed by atoms with van der Waals surface area (Å²) in [6.07, 6.45) is 2.50. The molecule has 1 saturated heterocycles. The van der Waals surface area contributed by atoms with Gasteiger partial charge in [-0.3, -0.25) is 4.79 Å². The topological polar surface area (TPSA) is 59.6 Å². The van der Waals surface area contributed by atoms with Gasteiger partial charge in [-0.1, -0.05) is 54.1 Å². The number of nitrogens with zero attached hydrogens (tertiary/aromatic N) is 2. The molecule has 4 aromatic carbocycles. The van der Waals surface area contributed by atoms with Crippen LogP contribution < -0.4 is 4.90 Å². The number of nitrogens with one attached hydrogen (secondary N) is 1. The van der Waals surface area contributed by atoms with E-state index < -0.39 is 6.04 Å². The van der Waals surface area contributed by atoms with Crippen LogP contribution in [0, 0.1) is 0 Å². The van der Waals surface area contributed by atoms with Crippen molar-refractivity contribution in [3.63, 3.8) is 0 Å². The molecule has 5 aromatic rings. The number of halogens is 1. The van der Waals surface area contributed by atoms with Crippen LogP contribution in [0.1, 0.15) is 46.1 Å². The van der Waals surface area contributed by atoms with Gasteiger partial charge in [-0.25, -0.2) is 0 Å². The summed E-state index contributed by atoms with van der Waals surface area (Å²) in [6, 6.07) is 29.3. The zero-order valence-corrected chi connectivity index (χ0v) is 22.2. The number of aromatic hydroxyl groups is 1. The van der Waals surface area contributed by atoms with Crippen LogP contribution in [-0.4, -0.2) is 34.0 Å². The van der Waals surface area contributed by atoms with E-state index in [4.69, 9.17) is 11.6 Å². The minimum atomic E-state index is -0.529. The number of carbonyl (C=O) groups is 1. The van der Waals surface area contributed by atoms with E-state index in [-0.39, 0.29) is 11.7 Å². The number of fused-ring (bicyclic) bond motifs is 2. The van der Waals surface area contributed by atoms with Gasteiger partial charge in [-0.15, -0.1) is 0 Å². The number of hydrogen-bond donors (Lipinski definition) is 2. The van der Waals surface area contributed by atoms with Crippen LogP contribution >= 0.6 is 11.6 Å². The standard InChI is InChI=1S/C33H28ClN3O2/c34-25-11-14-31(38)28(19-25)32(30-18-23-5-1-2-6-29(23)35-30)37-20-24-8-7-22(17-27(24)33(37)39)21-9-12-26(13-10-21)36-15-3-4-16-36/h1-2,5-14,17-19,32,35,38H,3-4,15-16,20H2/t32-/m1/s1. The Morgan fingerprint density at radius 1 is 0.846 bits per heavy atom. The molecule has 5 nitrogen and oxygen atoms in total. The minimum absolute atomic E-state index is 0.0661. The average Bonchev–Trinajstić information content (AvgIpc) is 3.71. The number of para-hydroxylation sites is 1. The van der Waals surface area contributed by atoms with Crippen LogP contribution in [0.2, 0.25) is 5.02 Å². The fourth-order valence-corrected chi connectivity index (χ4v) is 6.22. The summed E-state index contributed by atoms with van der Waals surface area (Å²) < 4.78 is 0. The summed E-state index contributed by atoms with van der Waals surface area (Å²) in [5, 5.41) is 12.4. The van der Waals surface area contributed by atoms with E-state index in [9.17, 15) is 9.90 Å². The molecule has 2 aliphatic heterocycles. The molecule has 0 aliphatic carbocycles. The SMILES string of the molecule is O=C1c2cc(-c3ccc(N4CCCC4)cc3)ccc2CN1[C@@H](c1cc2ccccc2[nH]1)c1cc(Cl)ccc1O. The molecule has 1 amide bonds. The molecule has 0 spiro atoms. The summed E-state index contributed by atoms with van der Waals surface area (Å²) in [5.41, 5.74) is 7.42. The van der Waals surface area contributed by atoms with E-state index in [0.29, 0.717) is 22.7 Å². The summed E-state index contributed by atoms with van der Waals surface area (Å²) in [6.45, 7) is 2.67. The van der Waals surface area contributed by atoms with E-state index in [1.165, 1.54) is 18.5 Å². The van der Waals surface area contributed by atoms with E-state index in [1.54, 1.807) is 18.2 Å². The third kappa shape index (κ3) is 4.23. The summed E-state index contributed by atoms with van der Waals surface area (Å²) in [4.78, 5) is 21.7. The molecular formula is C33H28ClN3O2. The highest BCUT2D eigenvalue weighted by Crippen LogP contribution is 2.41. The second kappa shape index (κ2) is 9.51. The Labute approximate surface area is 232 Å². The van der Waals surface area contributed by atoms with E-state index >= 15 is 0 Å². The number of amides is 1. The first kappa shape index (κ1) is 23.9. The van der Waals surface area contributed by atoms with Crippen molar-refractivity contribution in [2.75, 3.05) is 18.0 Å². The second-order valence-corrected chi connectivity index (χ2v) is 10.9. The molecule has 6 heteroatoms. The van der Waals surface area contributed by atoms with Gasteiger partial charge < -0.3 is 19.9 Å². The lowest BCUT2D eigenvalue weighted by Crippen LogP contribution is -2.30. The van der Waals surface area contributed by atoms with Crippen molar-refractivity contribution in [2.24, 2.45) is 0 Å². The van der Waals surface area contributed by atoms with Crippen molar-refractivity contribution in [2.45, 2.75) is 25.4 Å². The highest BCUT2D eigenvalue weighted by atomic mass is 35.5. The Kier molecular flexibility index (Phi) is 5.82. The summed E-state index contributed by atoms with van der Waals surface area (Å²) in [5.74, 6) is 0.0363. The van der Waals surface area contributed by atoms with Crippen LogP contribution in [0.25, 0.3) is 22.0 Å². The lowest BCUT2D eigenvalue weighted by molar-refractivity contribution is 0.0727. The number of benzene rings is 4. The van der Waals surface area contributed by atoms with Crippen molar-refractivity contribution in [1.82, 2.24) is 9.88 Å². The highest BCUT2D eigenvalue weighted by Gasteiger charge is 2.36. The maximum absolute atomic E-state index is 14.0. The van der Waals surface area contributed by atoms with Crippen LogP contribution in [-0.2, 0) is 6.54 Å². The van der Waals surface area contributed by atoms with Crippen molar-refractivity contribution in [3.05, 3.63) is 118 Å². The first-order chi connectivity index (χ1) is 19.0. The van der Waals surface area contributed by atoms with Gasteiger partial charge >= 0.3 is 0 Å². The number of aromatic amines is 1. The highest BCUT2D eigenvalue weighted by molar-refractivity contribution is 6.30. The van der Waals surface area contributed by atoms with Gasteiger partial charge in [-0.05, 0) is 83.4 Å². The number of hydrogen-bond acceptors (Lipinski definition) is 3. The fourth-order valence-electron chi connectivity index (χ4n) is 6.04. The largest absolute Gasteiger partial charge is 0.508 e. The monoisotopic (exact) mass is 533 g/mol. The second-order valence-electron chi connectivity index (χ2n) is 10.5. The molecule has 1 fully saturated rings. The molecule has 1 atom stereocenters. The van der Waals surface area contributed by atoms with Crippen molar-refractivity contribution in [3.8, 4) is 16.9 Å². The third-order valence-corrected chi connectivity index (χ3v) is 8.29. The zero-order valence-electron chi connectivity index (χ0n) is 21.4. The fraction of sp³-hybridized carbons (Fsp3) is 0.182.